The zero-order valence-corrected chi connectivity index (χ0v) is 13.7. The molecule has 2 atom stereocenters. The van der Waals surface area contributed by atoms with E-state index < -0.39 is 12.0 Å². The Morgan fingerprint density at radius 1 is 1.42 bits per heavy atom. The Balaban J connectivity index is 1.86. The van der Waals surface area contributed by atoms with E-state index in [9.17, 15) is 14.7 Å². The van der Waals surface area contributed by atoms with Crippen LogP contribution in [0, 0.1) is 5.92 Å². The van der Waals surface area contributed by atoms with Crippen molar-refractivity contribution in [3.8, 4) is 0 Å². The number of fused-ring (bicyclic) bond motifs is 1. The van der Waals surface area contributed by atoms with Gasteiger partial charge < -0.3 is 19.7 Å². The normalized spacial score (nSPS) is 19.1. The van der Waals surface area contributed by atoms with Gasteiger partial charge in [0.15, 0.2) is 0 Å². The van der Waals surface area contributed by atoms with Crippen LogP contribution in [0.1, 0.15) is 30.1 Å². The molecule has 128 valence electrons. The second-order valence-corrected chi connectivity index (χ2v) is 6.11. The predicted octanol–water partition coefficient (Wildman–Crippen LogP) is 2.27. The van der Waals surface area contributed by atoms with E-state index in [1.165, 1.54) is 0 Å². The molecule has 6 heteroatoms. The second-order valence-electron chi connectivity index (χ2n) is 6.11. The number of amides is 1. The van der Waals surface area contributed by atoms with E-state index in [4.69, 9.17) is 4.74 Å². The minimum atomic E-state index is -1.02. The number of ether oxygens (including phenoxy) is 1. The number of nitrogens with one attached hydrogen (secondary N) is 1. The molecule has 2 unspecified atom stereocenters. The van der Waals surface area contributed by atoms with Crippen LogP contribution >= 0.6 is 0 Å². The average molecular weight is 330 g/mol. The number of carboxylic acid groups (broad SMARTS) is 1. The summed E-state index contributed by atoms with van der Waals surface area (Å²) in [5, 5.41) is 13.0. The summed E-state index contributed by atoms with van der Waals surface area (Å²) in [6, 6.07) is 6.72. The maximum Gasteiger partial charge on any atom is 0.326 e. The van der Waals surface area contributed by atoms with E-state index in [-0.39, 0.29) is 11.8 Å². The Kier molecular flexibility index (Phi) is 4.85. The number of carbonyl (C=O) groups excluding carboxylic acids is 1. The van der Waals surface area contributed by atoms with Crippen LogP contribution in [0.3, 0.4) is 0 Å². The molecule has 0 spiro atoms. The Bertz CT molecular complexity index is 747. The molecular weight excluding hydrogens is 308 g/mol. The molecule has 1 aliphatic heterocycles. The number of hydrogen-bond acceptors (Lipinski definition) is 3. The van der Waals surface area contributed by atoms with Crippen molar-refractivity contribution in [1.29, 1.82) is 0 Å². The third-order valence-electron chi connectivity index (χ3n) is 4.59. The van der Waals surface area contributed by atoms with Crippen LogP contribution in [0.25, 0.3) is 10.9 Å². The smallest absolute Gasteiger partial charge is 0.326 e. The number of para-hydroxylation sites is 1. The summed E-state index contributed by atoms with van der Waals surface area (Å²) in [5.41, 5.74) is 1.48. The minimum Gasteiger partial charge on any atom is -0.480 e. The van der Waals surface area contributed by atoms with Gasteiger partial charge in [0.25, 0.3) is 5.91 Å². The lowest BCUT2D eigenvalue weighted by atomic mass is 9.93. The van der Waals surface area contributed by atoms with Gasteiger partial charge in [-0.2, -0.15) is 0 Å². The predicted molar refractivity (Wildman–Crippen MR) is 90.0 cm³/mol. The highest BCUT2D eigenvalue weighted by Gasteiger charge is 2.32. The molecule has 0 bridgehead atoms. The van der Waals surface area contributed by atoms with Crippen molar-refractivity contribution in [2.75, 3.05) is 13.2 Å². The summed E-state index contributed by atoms with van der Waals surface area (Å²) in [6.07, 6.45) is 3.35. The van der Waals surface area contributed by atoms with Gasteiger partial charge >= 0.3 is 5.97 Å². The monoisotopic (exact) mass is 330 g/mol. The number of aryl methyl sites for hydroxylation is 1. The van der Waals surface area contributed by atoms with Gasteiger partial charge in [-0.15, -0.1) is 0 Å². The maximum absolute atomic E-state index is 12.7. The van der Waals surface area contributed by atoms with Gasteiger partial charge in [-0.05, 0) is 25.8 Å². The average Bonchev–Trinajstić information content (AvgIpc) is 2.99. The molecule has 1 aromatic heterocycles. The van der Waals surface area contributed by atoms with Crippen LogP contribution in [0.4, 0.5) is 0 Å². The number of aliphatic carboxylic acids is 1. The van der Waals surface area contributed by atoms with E-state index in [1.807, 2.05) is 35.8 Å². The molecule has 3 rings (SSSR count). The van der Waals surface area contributed by atoms with E-state index in [0.29, 0.717) is 18.8 Å². The maximum atomic E-state index is 12.7. The molecule has 2 aromatic rings. The van der Waals surface area contributed by atoms with E-state index in [0.717, 1.165) is 30.3 Å². The molecule has 0 saturated carbocycles. The largest absolute Gasteiger partial charge is 0.480 e. The quantitative estimate of drug-likeness (QED) is 0.881. The number of nitrogens with zero attached hydrogens (tertiary/aromatic N) is 1. The molecule has 0 radical (unpaired) electrons. The summed E-state index contributed by atoms with van der Waals surface area (Å²) < 4.78 is 7.36. The lowest BCUT2D eigenvalue weighted by molar-refractivity contribution is -0.142. The first-order chi connectivity index (χ1) is 11.6. The van der Waals surface area contributed by atoms with Gasteiger partial charge in [-0.25, -0.2) is 4.79 Å². The molecule has 24 heavy (non-hydrogen) atoms. The van der Waals surface area contributed by atoms with E-state index >= 15 is 0 Å². The van der Waals surface area contributed by atoms with Crippen LogP contribution < -0.4 is 5.32 Å². The van der Waals surface area contributed by atoms with Crippen molar-refractivity contribution >= 4 is 22.8 Å². The Hall–Kier alpha value is -2.34. The Labute approximate surface area is 140 Å². The van der Waals surface area contributed by atoms with Crippen molar-refractivity contribution in [2.45, 2.75) is 32.4 Å². The molecule has 2 heterocycles. The van der Waals surface area contributed by atoms with Crippen molar-refractivity contribution in [3.63, 3.8) is 0 Å². The van der Waals surface area contributed by atoms with Crippen LogP contribution in [-0.2, 0) is 16.1 Å². The first-order valence-corrected chi connectivity index (χ1v) is 8.31. The third-order valence-corrected chi connectivity index (χ3v) is 4.59. The fourth-order valence-electron chi connectivity index (χ4n) is 3.32. The standard InChI is InChI=1S/C18H22N2O4/c1-2-20-10-14(13-7-3-4-8-15(13)20)17(21)19-16(18(22)23)12-6-5-9-24-11-12/h3-4,7-8,10,12,16H,2,5-6,9,11H2,1H3,(H,19,21)(H,22,23). The number of rotatable bonds is 5. The number of aromatic nitrogens is 1. The van der Waals surface area contributed by atoms with Gasteiger partial charge in [0.1, 0.15) is 6.04 Å². The highest BCUT2D eigenvalue weighted by Crippen LogP contribution is 2.23. The third kappa shape index (κ3) is 3.14. The zero-order chi connectivity index (χ0) is 17.1. The zero-order valence-electron chi connectivity index (χ0n) is 13.7. The number of carbonyl (C=O) groups is 2. The molecule has 1 fully saturated rings. The number of hydrogen-bond donors (Lipinski definition) is 2. The molecule has 0 aliphatic carbocycles. The van der Waals surface area contributed by atoms with Gasteiger partial charge in [-0.1, -0.05) is 18.2 Å². The van der Waals surface area contributed by atoms with Gasteiger partial charge in [-0.3, -0.25) is 4.79 Å². The Morgan fingerprint density at radius 2 is 2.21 bits per heavy atom. The van der Waals surface area contributed by atoms with Crippen molar-refractivity contribution in [2.24, 2.45) is 5.92 Å². The lowest BCUT2D eigenvalue weighted by Gasteiger charge is -2.28. The van der Waals surface area contributed by atoms with Crippen molar-refractivity contribution < 1.29 is 19.4 Å². The van der Waals surface area contributed by atoms with Crippen LogP contribution in [0.15, 0.2) is 30.5 Å². The highest BCUT2D eigenvalue weighted by molar-refractivity contribution is 6.07. The first kappa shape index (κ1) is 16.5. The minimum absolute atomic E-state index is 0.195. The first-order valence-electron chi connectivity index (χ1n) is 8.31. The summed E-state index contributed by atoms with van der Waals surface area (Å²) >= 11 is 0. The summed E-state index contributed by atoms with van der Waals surface area (Å²) in [6.45, 7) is 3.77. The van der Waals surface area contributed by atoms with Gasteiger partial charge in [0, 0.05) is 36.2 Å². The second kappa shape index (κ2) is 7.05. The summed E-state index contributed by atoms with van der Waals surface area (Å²) in [5.74, 6) is -1.56. The molecule has 1 aromatic carbocycles. The fourth-order valence-corrected chi connectivity index (χ4v) is 3.32. The van der Waals surface area contributed by atoms with Crippen molar-refractivity contribution in [3.05, 3.63) is 36.0 Å². The molecule has 1 amide bonds. The number of benzene rings is 1. The van der Waals surface area contributed by atoms with Gasteiger partial charge in [0.2, 0.25) is 0 Å². The van der Waals surface area contributed by atoms with E-state index in [1.54, 1.807) is 6.20 Å². The van der Waals surface area contributed by atoms with Crippen LogP contribution in [-0.4, -0.2) is 40.8 Å². The highest BCUT2D eigenvalue weighted by atomic mass is 16.5. The molecule has 1 aliphatic rings. The summed E-state index contributed by atoms with van der Waals surface area (Å²) in [4.78, 5) is 24.3. The van der Waals surface area contributed by atoms with Gasteiger partial charge in [0.05, 0.1) is 12.2 Å². The summed E-state index contributed by atoms with van der Waals surface area (Å²) in [7, 11) is 0. The van der Waals surface area contributed by atoms with Crippen LogP contribution in [0.2, 0.25) is 0 Å². The topological polar surface area (TPSA) is 80.6 Å². The molecular formula is C18H22N2O4. The van der Waals surface area contributed by atoms with Crippen molar-refractivity contribution in [1.82, 2.24) is 9.88 Å². The lowest BCUT2D eigenvalue weighted by Crippen LogP contribution is -2.48. The molecule has 1 saturated heterocycles. The molecule has 6 nitrogen and oxygen atoms in total. The molecule has 2 N–H and O–H groups in total. The van der Waals surface area contributed by atoms with E-state index in [2.05, 4.69) is 5.32 Å². The Morgan fingerprint density at radius 3 is 2.88 bits per heavy atom. The number of carboxylic acids is 1. The van der Waals surface area contributed by atoms with Crippen LogP contribution in [0.5, 0.6) is 0 Å². The SMILES string of the molecule is CCn1cc(C(=O)NC(C(=O)O)C2CCCOC2)c2ccccc21. The fraction of sp³-hybridized carbons (Fsp3) is 0.444.